The Morgan fingerprint density at radius 1 is 1.43 bits per heavy atom. The van der Waals surface area contributed by atoms with Crippen molar-refractivity contribution in [2.45, 2.75) is 53.1 Å². The molecule has 1 unspecified atom stereocenters. The molecule has 1 atom stereocenters. The summed E-state index contributed by atoms with van der Waals surface area (Å²) in [5.74, 6) is 5.23. The lowest BCUT2D eigenvalue weighted by molar-refractivity contribution is -0.147. The van der Waals surface area contributed by atoms with Gasteiger partial charge in [0.15, 0.2) is 0 Å². The van der Waals surface area contributed by atoms with Gasteiger partial charge in [0.25, 0.3) is 0 Å². The molecule has 2 nitrogen and oxygen atoms in total. The Balaban J connectivity index is 4.04. The number of carbonyl (C=O) groups is 1. The van der Waals surface area contributed by atoms with Crippen molar-refractivity contribution in [1.82, 2.24) is 0 Å². The van der Waals surface area contributed by atoms with Crippen molar-refractivity contribution in [2.75, 3.05) is 0 Å². The molecule has 0 rings (SSSR count). The molecule has 0 aromatic carbocycles. The van der Waals surface area contributed by atoms with E-state index >= 15 is 0 Å². The fraction of sp³-hybridized carbons (Fsp3) is 0.750. The van der Waals surface area contributed by atoms with E-state index < -0.39 is 11.6 Å². The maximum atomic E-state index is 11.2. The lowest BCUT2D eigenvalue weighted by atomic mass is 10.1. The SMILES string of the molecule is CCCC(C)C#CC(=O)OC(C)(C)C. The van der Waals surface area contributed by atoms with Crippen LogP contribution in [0.5, 0.6) is 0 Å². The largest absolute Gasteiger partial charge is 0.450 e. The predicted molar refractivity (Wildman–Crippen MR) is 57.7 cm³/mol. The van der Waals surface area contributed by atoms with E-state index in [1.165, 1.54) is 0 Å². The van der Waals surface area contributed by atoms with Gasteiger partial charge in [-0.3, -0.25) is 0 Å². The van der Waals surface area contributed by atoms with Crippen LogP contribution in [0.25, 0.3) is 0 Å². The van der Waals surface area contributed by atoms with Gasteiger partial charge in [0, 0.05) is 11.8 Å². The highest BCUT2D eigenvalue weighted by atomic mass is 16.6. The first-order chi connectivity index (χ1) is 6.35. The van der Waals surface area contributed by atoms with E-state index in [-0.39, 0.29) is 5.92 Å². The summed E-state index contributed by atoms with van der Waals surface area (Å²) in [5.41, 5.74) is -0.445. The van der Waals surface area contributed by atoms with Gasteiger partial charge in [-0.05, 0) is 27.2 Å². The van der Waals surface area contributed by atoms with Crippen LogP contribution >= 0.6 is 0 Å². The molecular weight excluding hydrogens is 176 g/mol. The fourth-order valence-electron chi connectivity index (χ4n) is 0.991. The lowest BCUT2D eigenvalue weighted by Gasteiger charge is -2.17. The molecule has 0 bridgehead atoms. The molecule has 0 aliphatic rings. The second kappa shape index (κ2) is 5.70. The zero-order chi connectivity index (χ0) is 11.2. The van der Waals surface area contributed by atoms with Crippen molar-refractivity contribution in [3.05, 3.63) is 0 Å². The van der Waals surface area contributed by atoms with E-state index in [0.717, 1.165) is 12.8 Å². The minimum Gasteiger partial charge on any atom is -0.450 e. The standard InChI is InChI=1S/C12H20O2/c1-6-7-10(2)8-9-11(13)14-12(3,4)5/h10H,6-7H2,1-5H3. The molecule has 0 amide bonds. The number of carbonyl (C=O) groups excluding carboxylic acids is 1. The second-order valence-corrected chi connectivity index (χ2v) is 4.46. The van der Waals surface area contributed by atoms with Crippen LogP contribution in [0.15, 0.2) is 0 Å². The summed E-state index contributed by atoms with van der Waals surface area (Å²) in [6.45, 7) is 9.62. The number of esters is 1. The summed E-state index contributed by atoms with van der Waals surface area (Å²) in [6.07, 6.45) is 2.11. The highest BCUT2D eigenvalue weighted by Gasteiger charge is 2.14. The predicted octanol–water partition coefficient (Wildman–Crippen LogP) is 2.77. The van der Waals surface area contributed by atoms with Gasteiger partial charge >= 0.3 is 5.97 Å². The quantitative estimate of drug-likeness (QED) is 0.385. The molecule has 0 saturated carbocycles. The van der Waals surface area contributed by atoms with Crippen molar-refractivity contribution in [2.24, 2.45) is 5.92 Å². The maximum Gasteiger partial charge on any atom is 0.384 e. The first-order valence-electron chi connectivity index (χ1n) is 5.09. The Morgan fingerprint density at radius 2 is 2.00 bits per heavy atom. The van der Waals surface area contributed by atoms with Crippen LogP contribution in [-0.4, -0.2) is 11.6 Å². The van der Waals surface area contributed by atoms with Gasteiger partial charge in [0.05, 0.1) is 0 Å². The van der Waals surface area contributed by atoms with E-state index in [2.05, 4.69) is 18.8 Å². The van der Waals surface area contributed by atoms with Crippen molar-refractivity contribution in [1.29, 1.82) is 0 Å². The van der Waals surface area contributed by atoms with Gasteiger partial charge in [0.2, 0.25) is 0 Å². The highest BCUT2D eigenvalue weighted by Crippen LogP contribution is 2.07. The Kier molecular flexibility index (Phi) is 5.30. The molecule has 0 radical (unpaired) electrons. The number of ether oxygens (including phenoxy) is 1. The smallest absolute Gasteiger partial charge is 0.384 e. The normalized spacial score (nSPS) is 12.6. The Morgan fingerprint density at radius 3 is 2.43 bits per heavy atom. The average Bonchev–Trinajstić information content (AvgIpc) is 1.98. The number of rotatable bonds is 2. The molecule has 0 aromatic rings. The summed E-state index contributed by atoms with van der Waals surface area (Å²) in [5, 5.41) is 0. The molecule has 2 heteroatoms. The van der Waals surface area contributed by atoms with Gasteiger partial charge < -0.3 is 4.74 Å². The van der Waals surface area contributed by atoms with Crippen LogP contribution in [0, 0.1) is 17.8 Å². The third-order valence-corrected chi connectivity index (χ3v) is 1.54. The van der Waals surface area contributed by atoms with Crippen molar-refractivity contribution in [3.63, 3.8) is 0 Å². The van der Waals surface area contributed by atoms with Gasteiger partial charge in [-0.15, -0.1) is 0 Å². The second-order valence-electron chi connectivity index (χ2n) is 4.46. The molecule has 0 heterocycles. The van der Waals surface area contributed by atoms with E-state index in [1.807, 2.05) is 27.7 Å². The lowest BCUT2D eigenvalue weighted by Crippen LogP contribution is -2.22. The summed E-state index contributed by atoms with van der Waals surface area (Å²) in [4.78, 5) is 11.2. The third kappa shape index (κ3) is 7.67. The highest BCUT2D eigenvalue weighted by molar-refractivity contribution is 5.88. The first kappa shape index (κ1) is 13.0. The minimum atomic E-state index is -0.445. The van der Waals surface area contributed by atoms with Crippen LogP contribution in [0.2, 0.25) is 0 Å². The average molecular weight is 196 g/mol. The monoisotopic (exact) mass is 196 g/mol. The van der Waals surface area contributed by atoms with Crippen LogP contribution in [0.1, 0.15) is 47.5 Å². The summed E-state index contributed by atoms with van der Waals surface area (Å²) < 4.78 is 5.05. The van der Waals surface area contributed by atoms with Crippen LogP contribution in [-0.2, 0) is 9.53 Å². The molecular formula is C12H20O2. The van der Waals surface area contributed by atoms with Crippen molar-refractivity contribution in [3.8, 4) is 11.8 Å². The molecule has 0 aliphatic carbocycles. The van der Waals surface area contributed by atoms with E-state index in [9.17, 15) is 4.79 Å². The van der Waals surface area contributed by atoms with E-state index in [0.29, 0.717) is 0 Å². The fourth-order valence-corrected chi connectivity index (χ4v) is 0.991. The number of hydrogen-bond acceptors (Lipinski definition) is 2. The molecule has 0 fully saturated rings. The molecule has 14 heavy (non-hydrogen) atoms. The molecule has 0 aromatic heterocycles. The van der Waals surface area contributed by atoms with Crippen molar-refractivity contribution < 1.29 is 9.53 Å². The van der Waals surface area contributed by atoms with Gasteiger partial charge in [-0.2, -0.15) is 0 Å². The van der Waals surface area contributed by atoms with Crippen LogP contribution in [0.4, 0.5) is 0 Å². The zero-order valence-electron chi connectivity index (χ0n) is 9.81. The van der Waals surface area contributed by atoms with Crippen LogP contribution in [0.3, 0.4) is 0 Å². The molecule has 0 aliphatic heterocycles. The van der Waals surface area contributed by atoms with Gasteiger partial charge in [-0.1, -0.05) is 26.2 Å². The van der Waals surface area contributed by atoms with Gasteiger partial charge in [0.1, 0.15) is 5.60 Å². The van der Waals surface area contributed by atoms with Crippen LogP contribution < -0.4 is 0 Å². The molecule has 0 N–H and O–H groups in total. The third-order valence-electron chi connectivity index (χ3n) is 1.54. The summed E-state index contributed by atoms with van der Waals surface area (Å²) in [6, 6.07) is 0. The Bertz CT molecular complexity index is 237. The zero-order valence-corrected chi connectivity index (χ0v) is 9.81. The van der Waals surface area contributed by atoms with Crippen molar-refractivity contribution >= 4 is 5.97 Å². The first-order valence-corrected chi connectivity index (χ1v) is 5.09. The van der Waals surface area contributed by atoms with Gasteiger partial charge in [-0.25, -0.2) is 4.79 Å². The topological polar surface area (TPSA) is 26.3 Å². The van der Waals surface area contributed by atoms with E-state index in [1.54, 1.807) is 0 Å². The minimum absolute atomic E-state index is 0.271. The Hall–Kier alpha value is -0.970. The summed E-state index contributed by atoms with van der Waals surface area (Å²) >= 11 is 0. The molecule has 0 saturated heterocycles. The summed E-state index contributed by atoms with van der Waals surface area (Å²) in [7, 11) is 0. The van der Waals surface area contributed by atoms with E-state index in [4.69, 9.17) is 4.74 Å². The maximum absolute atomic E-state index is 11.2. The number of hydrogen-bond donors (Lipinski definition) is 0. The molecule has 0 spiro atoms. The Labute approximate surface area is 87.0 Å². The molecule has 80 valence electrons.